The lowest BCUT2D eigenvalue weighted by atomic mass is 10.2. The first-order valence-corrected chi connectivity index (χ1v) is 9.59. The first kappa shape index (κ1) is 18.9. The molecule has 0 fully saturated rings. The van der Waals surface area contributed by atoms with Gasteiger partial charge in [-0.2, -0.15) is 0 Å². The lowest BCUT2D eigenvalue weighted by Crippen LogP contribution is -2.23. The second kappa shape index (κ2) is 9.16. The van der Waals surface area contributed by atoms with Gasteiger partial charge in [-0.3, -0.25) is 9.88 Å². The maximum atomic E-state index is 13.2. The van der Waals surface area contributed by atoms with Crippen molar-refractivity contribution in [1.82, 2.24) is 5.32 Å². The fraction of sp³-hybridized carbons (Fsp3) is 0.412. The SMILES string of the molecule is CCOP(=O)(OCC)C(NCc1ccccc1)c1ccc(CO)o1. The Balaban J connectivity index is 2.27. The molecule has 6 nitrogen and oxygen atoms in total. The fourth-order valence-electron chi connectivity index (χ4n) is 2.35. The van der Waals surface area contributed by atoms with E-state index in [1.165, 1.54) is 0 Å². The zero-order valence-corrected chi connectivity index (χ0v) is 14.9. The third kappa shape index (κ3) is 4.79. The fourth-order valence-corrected chi connectivity index (χ4v) is 4.21. The molecule has 1 aromatic carbocycles. The monoisotopic (exact) mass is 353 g/mol. The first-order chi connectivity index (χ1) is 11.6. The van der Waals surface area contributed by atoms with Gasteiger partial charge in [-0.15, -0.1) is 0 Å². The number of aliphatic hydroxyl groups excluding tert-OH is 1. The van der Waals surface area contributed by atoms with E-state index in [-0.39, 0.29) is 19.8 Å². The highest BCUT2D eigenvalue weighted by molar-refractivity contribution is 7.54. The van der Waals surface area contributed by atoms with Crippen LogP contribution in [-0.2, 0) is 26.8 Å². The van der Waals surface area contributed by atoms with Crippen molar-refractivity contribution in [2.45, 2.75) is 32.8 Å². The van der Waals surface area contributed by atoms with Crippen LogP contribution >= 0.6 is 7.60 Å². The number of furan rings is 1. The molecule has 0 saturated carbocycles. The van der Waals surface area contributed by atoms with Crippen molar-refractivity contribution in [3.8, 4) is 0 Å². The summed E-state index contributed by atoms with van der Waals surface area (Å²) in [6.07, 6.45) is 0. The van der Waals surface area contributed by atoms with Crippen LogP contribution in [0.1, 0.15) is 36.7 Å². The summed E-state index contributed by atoms with van der Waals surface area (Å²) in [4.78, 5) is 0. The van der Waals surface area contributed by atoms with E-state index in [0.717, 1.165) is 5.56 Å². The van der Waals surface area contributed by atoms with E-state index in [9.17, 15) is 9.67 Å². The van der Waals surface area contributed by atoms with Crippen LogP contribution in [0.4, 0.5) is 0 Å². The van der Waals surface area contributed by atoms with Crippen LogP contribution in [0.15, 0.2) is 46.9 Å². The number of rotatable bonds is 10. The third-order valence-corrected chi connectivity index (χ3v) is 5.69. The number of hydrogen-bond acceptors (Lipinski definition) is 6. The molecule has 2 rings (SSSR count). The summed E-state index contributed by atoms with van der Waals surface area (Å²) >= 11 is 0. The van der Waals surface area contributed by atoms with Crippen LogP contribution in [0.25, 0.3) is 0 Å². The average Bonchev–Trinajstić information content (AvgIpc) is 3.05. The Morgan fingerprint density at radius 3 is 2.33 bits per heavy atom. The number of benzene rings is 1. The molecule has 1 heterocycles. The molecule has 2 N–H and O–H groups in total. The molecular formula is C17H24NO5P. The van der Waals surface area contributed by atoms with Crippen molar-refractivity contribution >= 4 is 7.60 Å². The van der Waals surface area contributed by atoms with E-state index in [0.29, 0.717) is 18.1 Å². The summed E-state index contributed by atoms with van der Waals surface area (Å²) in [6.45, 7) is 4.30. The van der Waals surface area contributed by atoms with Gasteiger partial charge in [0.1, 0.15) is 18.1 Å². The molecule has 0 radical (unpaired) electrons. The molecule has 0 amide bonds. The van der Waals surface area contributed by atoms with Gasteiger partial charge in [-0.25, -0.2) is 0 Å². The van der Waals surface area contributed by atoms with Gasteiger partial charge in [0, 0.05) is 6.54 Å². The number of aliphatic hydroxyl groups is 1. The molecule has 0 aliphatic carbocycles. The van der Waals surface area contributed by atoms with Crippen LogP contribution in [-0.4, -0.2) is 18.3 Å². The van der Waals surface area contributed by atoms with Gasteiger partial charge in [-0.05, 0) is 31.5 Å². The van der Waals surface area contributed by atoms with Gasteiger partial charge >= 0.3 is 7.60 Å². The third-order valence-electron chi connectivity index (χ3n) is 3.38. The number of hydrogen-bond donors (Lipinski definition) is 2. The van der Waals surface area contributed by atoms with Crippen molar-refractivity contribution in [3.05, 3.63) is 59.5 Å². The molecule has 1 unspecified atom stereocenters. The molecule has 0 saturated heterocycles. The predicted octanol–water partition coefficient (Wildman–Crippen LogP) is 3.83. The topological polar surface area (TPSA) is 80.9 Å². The summed E-state index contributed by atoms with van der Waals surface area (Å²) in [6, 6.07) is 13.1. The Bertz CT molecular complexity index is 648. The maximum Gasteiger partial charge on any atom is 0.355 e. The normalized spacial score (nSPS) is 13.1. The lowest BCUT2D eigenvalue weighted by molar-refractivity contribution is 0.200. The quantitative estimate of drug-likeness (QED) is 0.632. The van der Waals surface area contributed by atoms with Gasteiger partial charge in [0.25, 0.3) is 0 Å². The molecule has 0 aliphatic rings. The summed E-state index contributed by atoms with van der Waals surface area (Å²) < 4.78 is 29.7. The first-order valence-electron chi connectivity index (χ1n) is 7.98. The molecule has 2 aromatic rings. The van der Waals surface area contributed by atoms with Crippen LogP contribution in [0.5, 0.6) is 0 Å². The smallest absolute Gasteiger partial charge is 0.355 e. The number of nitrogens with one attached hydrogen (secondary N) is 1. The molecule has 1 aromatic heterocycles. The zero-order chi connectivity index (χ0) is 17.4. The van der Waals surface area contributed by atoms with Crippen molar-refractivity contribution in [2.75, 3.05) is 13.2 Å². The average molecular weight is 353 g/mol. The Morgan fingerprint density at radius 1 is 1.12 bits per heavy atom. The standard InChI is InChI=1S/C17H24NO5P/c1-3-21-24(20,22-4-2)17(16-11-10-15(13-19)23-16)18-12-14-8-6-5-7-9-14/h5-11,17-19H,3-4,12-13H2,1-2H3. The van der Waals surface area contributed by atoms with Crippen LogP contribution in [0.3, 0.4) is 0 Å². The van der Waals surface area contributed by atoms with Crippen molar-refractivity contribution in [3.63, 3.8) is 0 Å². The Labute approximate surface area is 142 Å². The van der Waals surface area contributed by atoms with E-state index in [2.05, 4.69) is 5.32 Å². The van der Waals surface area contributed by atoms with Crippen LogP contribution in [0.2, 0.25) is 0 Å². The van der Waals surface area contributed by atoms with Gasteiger partial charge in [0.15, 0.2) is 5.78 Å². The molecule has 0 spiro atoms. The summed E-state index contributed by atoms with van der Waals surface area (Å²) in [5.41, 5.74) is 1.04. The van der Waals surface area contributed by atoms with Crippen molar-refractivity contribution < 1.29 is 23.1 Å². The highest BCUT2D eigenvalue weighted by atomic mass is 31.2. The van der Waals surface area contributed by atoms with Gasteiger partial charge in [0.2, 0.25) is 0 Å². The van der Waals surface area contributed by atoms with E-state index in [1.807, 2.05) is 30.3 Å². The molecular weight excluding hydrogens is 329 g/mol. The van der Waals surface area contributed by atoms with E-state index in [1.54, 1.807) is 26.0 Å². The lowest BCUT2D eigenvalue weighted by Gasteiger charge is -2.25. The summed E-state index contributed by atoms with van der Waals surface area (Å²) in [5, 5.41) is 12.4. The Kier molecular flexibility index (Phi) is 7.21. The van der Waals surface area contributed by atoms with Crippen LogP contribution < -0.4 is 5.32 Å². The van der Waals surface area contributed by atoms with E-state index in [4.69, 9.17) is 13.5 Å². The summed E-state index contributed by atoms with van der Waals surface area (Å²) in [5.74, 6) is 0.0641. The largest absolute Gasteiger partial charge is 0.461 e. The molecule has 7 heteroatoms. The van der Waals surface area contributed by atoms with E-state index >= 15 is 0 Å². The Morgan fingerprint density at radius 2 is 1.79 bits per heavy atom. The van der Waals surface area contributed by atoms with Crippen LogP contribution in [0, 0.1) is 0 Å². The van der Waals surface area contributed by atoms with Crippen molar-refractivity contribution in [2.24, 2.45) is 0 Å². The highest BCUT2D eigenvalue weighted by Crippen LogP contribution is 2.59. The minimum Gasteiger partial charge on any atom is -0.461 e. The zero-order valence-electron chi connectivity index (χ0n) is 14.0. The molecule has 132 valence electrons. The minimum absolute atomic E-state index is 0.223. The van der Waals surface area contributed by atoms with Gasteiger partial charge < -0.3 is 18.6 Å². The second-order valence-corrected chi connectivity index (χ2v) is 7.22. The van der Waals surface area contributed by atoms with Gasteiger partial charge in [-0.1, -0.05) is 30.3 Å². The van der Waals surface area contributed by atoms with E-state index < -0.39 is 13.4 Å². The van der Waals surface area contributed by atoms with Gasteiger partial charge in [0.05, 0.1) is 13.2 Å². The Hall–Kier alpha value is -1.43. The molecule has 24 heavy (non-hydrogen) atoms. The predicted molar refractivity (Wildman–Crippen MR) is 91.5 cm³/mol. The maximum absolute atomic E-state index is 13.2. The van der Waals surface area contributed by atoms with Crippen molar-refractivity contribution in [1.29, 1.82) is 0 Å². The second-order valence-electron chi connectivity index (χ2n) is 5.11. The molecule has 0 bridgehead atoms. The highest BCUT2D eigenvalue weighted by Gasteiger charge is 2.38. The molecule has 1 atom stereocenters. The minimum atomic E-state index is -3.47. The summed E-state index contributed by atoms with van der Waals surface area (Å²) in [7, 11) is -3.47. The molecule has 0 aliphatic heterocycles.